The Labute approximate surface area is 128 Å². The number of amides is 1. The number of hydrogen-bond acceptors (Lipinski definition) is 1. The lowest BCUT2D eigenvalue weighted by Crippen LogP contribution is -2.40. The minimum absolute atomic E-state index is 0.415. The van der Waals surface area contributed by atoms with E-state index in [4.69, 9.17) is 0 Å². The van der Waals surface area contributed by atoms with Crippen LogP contribution >= 0.6 is 0 Å². The monoisotopic (exact) mass is 285 g/mol. The molecule has 2 aliphatic rings. The van der Waals surface area contributed by atoms with Crippen molar-refractivity contribution in [3.05, 3.63) is 35.4 Å². The summed E-state index contributed by atoms with van der Waals surface area (Å²) in [6, 6.07) is 8.68. The third-order valence-corrected chi connectivity index (χ3v) is 5.12. The molecular weight excluding hydrogens is 258 g/mol. The fourth-order valence-electron chi connectivity index (χ4n) is 3.48. The summed E-state index contributed by atoms with van der Waals surface area (Å²) >= 11 is 0. The van der Waals surface area contributed by atoms with Crippen LogP contribution in [0.15, 0.2) is 24.3 Å². The molecule has 2 heteroatoms. The molecule has 21 heavy (non-hydrogen) atoms. The molecule has 1 amide bonds. The van der Waals surface area contributed by atoms with E-state index in [-0.39, 0.29) is 0 Å². The predicted molar refractivity (Wildman–Crippen MR) is 86.1 cm³/mol. The highest BCUT2D eigenvalue weighted by molar-refractivity contribution is 5.76. The molecule has 114 valence electrons. The fourth-order valence-corrected chi connectivity index (χ4v) is 3.48. The molecule has 0 aromatic heterocycles. The van der Waals surface area contributed by atoms with Gasteiger partial charge in [0.2, 0.25) is 5.91 Å². The largest absolute Gasteiger partial charge is 0.342 e. The summed E-state index contributed by atoms with van der Waals surface area (Å²) in [5, 5.41) is 0. The average molecular weight is 285 g/mol. The van der Waals surface area contributed by atoms with E-state index >= 15 is 0 Å². The maximum absolute atomic E-state index is 12.2. The Hall–Kier alpha value is -1.31. The molecule has 2 fully saturated rings. The summed E-state index contributed by atoms with van der Waals surface area (Å²) in [6.45, 7) is 4.19. The van der Waals surface area contributed by atoms with Crippen molar-refractivity contribution in [3.8, 4) is 0 Å². The maximum Gasteiger partial charge on any atom is 0.222 e. The molecule has 1 aliphatic heterocycles. The molecule has 1 heterocycles. The van der Waals surface area contributed by atoms with Crippen molar-refractivity contribution < 1.29 is 4.79 Å². The van der Waals surface area contributed by atoms with Gasteiger partial charge in [0.15, 0.2) is 0 Å². The molecular formula is C19H27NO. The summed E-state index contributed by atoms with van der Waals surface area (Å²) in [4.78, 5) is 14.4. The van der Waals surface area contributed by atoms with Crippen molar-refractivity contribution in [3.63, 3.8) is 0 Å². The number of carbonyl (C=O) groups excluding carboxylic acids is 1. The van der Waals surface area contributed by atoms with Gasteiger partial charge in [0, 0.05) is 19.5 Å². The van der Waals surface area contributed by atoms with E-state index in [0.717, 1.165) is 25.9 Å². The zero-order chi connectivity index (χ0) is 14.7. The Morgan fingerprint density at radius 3 is 2.76 bits per heavy atom. The van der Waals surface area contributed by atoms with E-state index in [9.17, 15) is 4.79 Å². The highest BCUT2D eigenvalue weighted by atomic mass is 16.2. The van der Waals surface area contributed by atoms with Crippen LogP contribution in [0.1, 0.15) is 49.7 Å². The van der Waals surface area contributed by atoms with Gasteiger partial charge in [-0.2, -0.15) is 0 Å². The Morgan fingerprint density at radius 1 is 1.19 bits per heavy atom. The number of nitrogens with zero attached hydrogens (tertiary/aromatic N) is 1. The second-order valence-corrected chi connectivity index (χ2v) is 6.96. The smallest absolute Gasteiger partial charge is 0.222 e. The first kappa shape index (κ1) is 14.6. The van der Waals surface area contributed by atoms with Crippen LogP contribution < -0.4 is 0 Å². The van der Waals surface area contributed by atoms with E-state index in [0.29, 0.717) is 17.7 Å². The van der Waals surface area contributed by atoms with Crippen molar-refractivity contribution in [2.75, 3.05) is 13.1 Å². The van der Waals surface area contributed by atoms with Crippen molar-refractivity contribution in [1.29, 1.82) is 0 Å². The van der Waals surface area contributed by atoms with Gasteiger partial charge in [-0.3, -0.25) is 4.79 Å². The lowest BCUT2D eigenvalue weighted by Gasteiger charge is -2.33. The SMILES string of the molecule is Cc1ccccc1CC[C@@H]1CCCN(C(=O)CC2CC2)C1. The van der Waals surface area contributed by atoms with Crippen LogP contribution in [0, 0.1) is 18.8 Å². The zero-order valence-electron chi connectivity index (χ0n) is 13.2. The van der Waals surface area contributed by atoms with Crippen LogP contribution in [0.3, 0.4) is 0 Å². The molecule has 3 rings (SSSR count). The Bertz CT molecular complexity index is 492. The van der Waals surface area contributed by atoms with Gasteiger partial charge < -0.3 is 4.90 Å². The summed E-state index contributed by atoms with van der Waals surface area (Å²) in [5.74, 6) is 1.82. The van der Waals surface area contributed by atoms with Crippen molar-refractivity contribution >= 4 is 5.91 Å². The average Bonchev–Trinajstić information content (AvgIpc) is 3.31. The fraction of sp³-hybridized carbons (Fsp3) is 0.632. The van der Waals surface area contributed by atoms with Crippen LogP contribution in [0.2, 0.25) is 0 Å². The lowest BCUT2D eigenvalue weighted by molar-refractivity contribution is -0.133. The number of aryl methyl sites for hydroxylation is 2. The van der Waals surface area contributed by atoms with E-state index in [2.05, 4.69) is 36.1 Å². The molecule has 1 aliphatic carbocycles. The van der Waals surface area contributed by atoms with Crippen LogP contribution in [0.4, 0.5) is 0 Å². The van der Waals surface area contributed by atoms with Gasteiger partial charge in [0.25, 0.3) is 0 Å². The second-order valence-electron chi connectivity index (χ2n) is 6.96. The number of piperidine rings is 1. The number of rotatable bonds is 5. The molecule has 0 spiro atoms. The van der Waals surface area contributed by atoms with Crippen molar-refractivity contribution in [2.24, 2.45) is 11.8 Å². The van der Waals surface area contributed by atoms with E-state index in [1.54, 1.807) is 0 Å². The van der Waals surface area contributed by atoms with E-state index < -0.39 is 0 Å². The normalized spacial score (nSPS) is 22.3. The molecule has 0 unspecified atom stereocenters. The molecule has 1 saturated carbocycles. The molecule has 1 aromatic carbocycles. The Kier molecular flexibility index (Phi) is 4.62. The first-order valence-electron chi connectivity index (χ1n) is 8.54. The van der Waals surface area contributed by atoms with Crippen molar-refractivity contribution in [2.45, 2.75) is 51.9 Å². The van der Waals surface area contributed by atoms with Gasteiger partial charge in [-0.25, -0.2) is 0 Å². The maximum atomic E-state index is 12.2. The Balaban J connectivity index is 1.49. The first-order chi connectivity index (χ1) is 10.2. The quantitative estimate of drug-likeness (QED) is 0.801. The first-order valence-corrected chi connectivity index (χ1v) is 8.54. The number of hydrogen-bond donors (Lipinski definition) is 0. The minimum atomic E-state index is 0.415. The minimum Gasteiger partial charge on any atom is -0.342 e. The van der Waals surface area contributed by atoms with Gasteiger partial charge in [-0.1, -0.05) is 24.3 Å². The van der Waals surface area contributed by atoms with Crippen LogP contribution in [-0.4, -0.2) is 23.9 Å². The topological polar surface area (TPSA) is 20.3 Å². The third kappa shape index (κ3) is 4.09. The van der Waals surface area contributed by atoms with Crippen LogP contribution in [-0.2, 0) is 11.2 Å². The summed E-state index contributed by atoms with van der Waals surface area (Å²) < 4.78 is 0. The molecule has 1 atom stereocenters. The number of benzene rings is 1. The van der Waals surface area contributed by atoms with Gasteiger partial charge in [-0.05, 0) is 68.4 Å². The Morgan fingerprint density at radius 2 is 2.00 bits per heavy atom. The molecule has 0 bridgehead atoms. The zero-order valence-corrected chi connectivity index (χ0v) is 13.2. The number of likely N-dealkylation sites (tertiary alicyclic amines) is 1. The standard InChI is InChI=1S/C19H27NO/c1-15-5-2-3-7-18(15)11-10-17-6-4-12-20(14-17)19(21)13-16-8-9-16/h2-3,5,7,16-17H,4,6,8-14H2,1H3/t17-/m0/s1. The van der Waals surface area contributed by atoms with E-state index in [1.807, 2.05) is 0 Å². The highest BCUT2D eigenvalue weighted by Gasteiger charge is 2.29. The highest BCUT2D eigenvalue weighted by Crippen LogP contribution is 2.33. The molecule has 1 aromatic rings. The van der Waals surface area contributed by atoms with Crippen LogP contribution in [0.25, 0.3) is 0 Å². The summed E-state index contributed by atoms with van der Waals surface area (Å²) in [6.07, 6.45) is 8.21. The third-order valence-electron chi connectivity index (χ3n) is 5.12. The van der Waals surface area contributed by atoms with Gasteiger partial charge >= 0.3 is 0 Å². The van der Waals surface area contributed by atoms with E-state index in [1.165, 1.54) is 43.2 Å². The van der Waals surface area contributed by atoms with Crippen molar-refractivity contribution in [1.82, 2.24) is 4.90 Å². The second kappa shape index (κ2) is 6.64. The van der Waals surface area contributed by atoms with Gasteiger partial charge in [0.05, 0.1) is 0 Å². The van der Waals surface area contributed by atoms with Gasteiger partial charge in [0.1, 0.15) is 0 Å². The van der Waals surface area contributed by atoms with Crippen LogP contribution in [0.5, 0.6) is 0 Å². The summed E-state index contributed by atoms with van der Waals surface area (Å²) in [7, 11) is 0. The predicted octanol–water partition coefficient (Wildman–Crippen LogP) is 3.97. The molecule has 1 saturated heterocycles. The summed E-state index contributed by atoms with van der Waals surface area (Å²) in [5.41, 5.74) is 2.87. The number of carbonyl (C=O) groups is 1. The van der Waals surface area contributed by atoms with Gasteiger partial charge in [-0.15, -0.1) is 0 Å². The molecule has 0 N–H and O–H groups in total. The molecule has 0 radical (unpaired) electrons. The molecule has 2 nitrogen and oxygen atoms in total. The lowest BCUT2D eigenvalue weighted by atomic mass is 9.90.